The van der Waals surface area contributed by atoms with Crippen LogP contribution in [0.5, 0.6) is 0 Å². The molecular formula is C59H67LiN2O8. The van der Waals surface area contributed by atoms with Gasteiger partial charge in [0, 0.05) is 13.1 Å². The van der Waals surface area contributed by atoms with E-state index >= 15 is 0 Å². The fourth-order valence-corrected chi connectivity index (χ4v) is 10.0. The van der Waals surface area contributed by atoms with Gasteiger partial charge in [-0.25, -0.2) is 9.59 Å². The van der Waals surface area contributed by atoms with E-state index in [1.54, 1.807) is 9.80 Å². The van der Waals surface area contributed by atoms with Crippen molar-refractivity contribution in [3.05, 3.63) is 215 Å². The molecular weight excluding hydrogens is 872 g/mol. The Morgan fingerprint density at radius 3 is 1.11 bits per heavy atom. The van der Waals surface area contributed by atoms with Crippen molar-refractivity contribution in [3.8, 4) is 0 Å². The van der Waals surface area contributed by atoms with Gasteiger partial charge in [0.1, 0.15) is 12.1 Å². The minimum atomic E-state index is -0.907. The fraction of sp³-hybridized carbons (Fsp3) is 0.322. The second-order valence-electron chi connectivity index (χ2n) is 18.0. The number of unbranched alkanes of at least 4 members (excludes halogenated alkanes) is 2. The molecule has 11 heteroatoms. The Labute approximate surface area is 425 Å². The SMILES string of the molecule is COC(=O)[C@@H]1C[C@H](CCCCc2ccccc2)CN1C(=O)C(c1ccccc1)c1ccccc1.O.O=C(O)[C@@H]1C[C@H](CCCCc2ccccc2)CN1C(=O)C(c1ccccc1)c1ccccc1.[Li+].[OH-]. The van der Waals surface area contributed by atoms with Crippen molar-refractivity contribution in [2.45, 2.75) is 88.1 Å². The summed E-state index contributed by atoms with van der Waals surface area (Å²) >= 11 is 0. The van der Waals surface area contributed by atoms with E-state index in [2.05, 4.69) is 48.5 Å². The maximum absolute atomic E-state index is 14.0. The molecule has 4 atom stereocenters. The zero-order valence-corrected chi connectivity index (χ0v) is 40.6. The number of methoxy groups -OCH3 is 1. The monoisotopic (exact) mass is 939 g/mol. The summed E-state index contributed by atoms with van der Waals surface area (Å²) in [4.78, 5) is 55.9. The molecule has 0 saturated carbocycles. The summed E-state index contributed by atoms with van der Waals surface area (Å²) in [5.74, 6) is -1.78. The second kappa shape index (κ2) is 29.0. The predicted molar refractivity (Wildman–Crippen MR) is 270 cm³/mol. The smallest absolute Gasteiger partial charge is 0.870 e. The first-order valence-electron chi connectivity index (χ1n) is 24.0. The molecule has 362 valence electrons. The number of benzene rings is 6. The van der Waals surface area contributed by atoms with Gasteiger partial charge >= 0.3 is 30.8 Å². The Balaban J connectivity index is 0.000000292. The summed E-state index contributed by atoms with van der Waals surface area (Å²) in [5, 5.41) is 9.90. The van der Waals surface area contributed by atoms with Crippen LogP contribution in [0, 0.1) is 11.8 Å². The van der Waals surface area contributed by atoms with Crippen LogP contribution in [0.25, 0.3) is 0 Å². The molecule has 10 nitrogen and oxygen atoms in total. The zero-order chi connectivity index (χ0) is 46.8. The Morgan fingerprint density at radius 2 is 0.800 bits per heavy atom. The van der Waals surface area contributed by atoms with Gasteiger partial charge in [0.2, 0.25) is 11.8 Å². The molecule has 70 heavy (non-hydrogen) atoms. The van der Waals surface area contributed by atoms with Crippen molar-refractivity contribution in [2.75, 3.05) is 20.2 Å². The molecule has 0 bridgehead atoms. The second-order valence-corrected chi connectivity index (χ2v) is 18.0. The molecule has 8 rings (SSSR count). The van der Waals surface area contributed by atoms with Gasteiger partial charge in [-0.1, -0.05) is 195 Å². The average molecular weight is 939 g/mol. The average Bonchev–Trinajstić information content (AvgIpc) is 4.02. The number of carboxylic acids is 1. The number of aliphatic carboxylic acids is 1. The van der Waals surface area contributed by atoms with Crippen LogP contribution in [0.4, 0.5) is 0 Å². The topological polar surface area (TPSA) is 166 Å². The molecule has 2 aliphatic heterocycles. The molecule has 2 heterocycles. The predicted octanol–water partition coefficient (Wildman–Crippen LogP) is 7.16. The van der Waals surface area contributed by atoms with E-state index in [1.165, 1.54) is 18.2 Å². The number of aryl methyl sites for hydroxylation is 2. The van der Waals surface area contributed by atoms with Crippen LogP contribution in [0.15, 0.2) is 182 Å². The van der Waals surface area contributed by atoms with Gasteiger partial charge in [0.05, 0.1) is 18.9 Å². The van der Waals surface area contributed by atoms with Crippen molar-refractivity contribution in [1.29, 1.82) is 0 Å². The number of ether oxygens (including phenoxy) is 1. The standard InChI is InChI=1S/C30H33NO3.C29H31NO3.Li.2H2O/c1-34-30(33)27-21-24(16-12-11-15-23-13-5-2-6-14-23)22-31(27)29(32)28(25-17-7-3-8-18-25)26-19-9-4-10-20-26;31-28(27(24-16-6-2-7-17-24)25-18-8-3-9-19-25)30-21-23(20-26(30)29(32)33)15-11-10-14-22-12-4-1-5-13-22;;;/h2-10,13-14,17-20,24,27-28H,11-12,15-16,21-22H2,1H3;1-9,12-13,16-19,23,26-27H,10-11,14-15,20-21H2,(H,32,33);;2*1H2/q;;+1;;/p-1/t24-,27-;23-,26-;;;/m00.../s1. The van der Waals surface area contributed by atoms with Crippen molar-refractivity contribution < 1.29 is 58.8 Å². The Kier molecular flexibility index (Phi) is 23.3. The molecule has 0 spiro atoms. The number of carbonyl (C=O) groups excluding carboxylic acids is 3. The quantitative estimate of drug-likeness (QED) is 0.0543. The van der Waals surface area contributed by atoms with Crippen LogP contribution in [0.1, 0.15) is 96.6 Å². The van der Waals surface area contributed by atoms with Gasteiger partial charge in [0.25, 0.3) is 0 Å². The van der Waals surface area contributed by atoms with Crippen LogP contribution in [0.3, 0.4) is 0 Å². The first-order valence-corrected chi connectivity index (χ1v) is 24.0. The summed E-state index contributed by atoms with van der Waals surface area (Å²) in [6.45, 7) is 1.11. The van der Waals surface area contributed by atoms with E-state index in [1.807, 2.05) is 133 Å². The van der Waals surface area contributed by atoms with Crippen LogP contribution in [0.2, 0.25) is 0 Å². The molecule has 2 fully saturated rings. The number of amides is 2. The maximum Gasteiger partial charge on any atom is 1.00 e. The van der Waals surface area contributed by atoms with E-state index in [0.717, 1.165) is 73.6 Å². The number of likely N-dealkylation sites (tertiary alicyclic amines) is 2. The first kappa shape index (κ1) is 56.3. The van der Waals surface area contributed by atoms with E-state index in [9.17, 15) is 24.3 Å². The Hall–Kier alpha value is -6.28. The van der Waals surface area contributed by atoms with Crippen LogP contribution in [-0.4, -0.2) is 81.9 Å². The first-order chi connectivity index (χ1) is 32.8. The van der Waals surface area contributed by atoms with Crippen LogP contribution >= 0.6 is 0 Å². The third-order valence-corrected chi connectivity index (χ3v) is 13.5. The third-order valence-electron chi connectivity index (χ3n) is 13.5. The van der Waals surface area contributed by atoms with Gasteiger partial charge in [-0.2, -0.15) is 0 Å². The summed E-state index contributed by atoms with van der Waals surface area (Å²) in [6.07, 6.45) is 9.53. The number of nitrogens with zero attached hydrogens (tertiary/aromatic N) is 2. The third kappa shape index (κ3) is 15.4. The summed E-state index contributed by atoms with van der Waals surface area (Å²) in [5.41, 5.74) is 6.35. The minimum Gasteiger partial charge on any atom is -0.870 e. The molecule has 6 aromatic carbocycles. The van der Waals surface area contributed by atoms with E-state index < -0.39 is 29.9 Å². The molecule has 0 aliphatic carbocycles. The molecule has 0 aromatic heterocycles. The number of hydrogen-bond acceptors (Lipinski definition) is 6. The summed E-state index contributed by atoms with van der Waals surface area (Å²) in [6, 6.07) is 58.7. The largest absolute Gasteiger partial charge is 1.00 e. The molecule has 6 aromatic rings. The number of esters is 1. The van der Waals surface area contributed by atoms with E-state index in [4.69, 9.17) is 4.74 Å². The zero-order valence-electron chi connectivity index (χ0n) is 40.6. The molecule has 2 saturated heterocycles. The summed E-state index contributed by atoms with van der Waals surface area (Å²) in [7, 11) is 1.41. The Bertz CT molecular complexity index is 2370. The van der Waals surface area contributed by atoms with Crippen LogP contribution in [-0.2, 0) is 36.8 Å². The minimum absolute atomic E-state index is 0. The number of rotatable bonds is 18. The normalized spacial score (nSPS) is 17.0. The van der Waals surface area contributed by atoms with E-state index in [0.29, 0.717) is 31.8 Å². The molecule has 4 N–H and O–H groups in total. The Morgan fingerprint density at radius 1 is 0.500 bits per heavy atom. The summed E-state index contributed by atoms with van der Waals surface area (Å²) < 4.78 is 5.10. The molecule has 0 unspecified atom stereocenters. The van der Waals surface area contributed by atoms with Crippen molar-refractivity contribution in [2.24, 2.45) is 11.8 Å². The van der Waals surface area contributed by atoms with Crippen molar-refractivity contribution in [1.82, 2.24) is 9.80 Å². The van der Waals surface area contributed by atoms with E-state index in [-0.39, 0.29) is 53.5 Å². The van der Waals surface area contributed by atoms with Gasteiger partial charge in [-0.3, -0.25) is 9.59 Å². The number of hydrogen-bond donors (Lipinski definition) is 1. The van der Waals surface area contributed by atoms with Crippen molar-refractivity contribution >= 4 is 23.8 Å². The number of carboxylic acid groups (broad SMARTS) is 1. The van der Waals surface area contributed by atoms with Gasteiger partial charge in [0.15, 0.2) is 0 Å². The fourth-order valence-electron chi connectivity index (χ4n) is 10.0. The maximum atomic E-state index is 14.0. The molecule has 0 radical (unpaired) electrons. The van der Waals surface area contributed by atoms with Gasteiger partial charge in [-0.05, 0) is 96.6 Å². The van der Waals surface area contributed by atoms with Crippen LogP contribution < -0.4 is 18.9 Å². The van der Waals surface area contributed by atoms with Crippen molar-refractivity contribution in [3.63, 3.8) is 0 Å². The molecule has 2 amide bonds. The van der Waals surface area contributed by atoms with Gasteiger partial charge in [-0.15, -0.1) is 0 Å². The van der Waals surface area contributed by atoms with Gasteiger partial charge < -0.3 is 30.6 Å². The number of carbonyl (C=O) groups is 4. The molecule has 2 aliphatic rings.